The van der Waals surface area contributed by atoms with Crippen LogP contribution >= 0.6 is 7.37 Å². The van der Waals surface area contributed by atoms with Crippen molar-refractivity contribution in [1.82, 2.24) is 5.32 Å². The molecule has 3 unspecified atom stereocenters. The number of benzene rings is 1. The zero-order valence-corrected chi connectivity index (χ0v) is 18.0. The van der Waals surface area contributed by atoms with Crippen molar-refractivity contribution in [3.8, 4) is 0 Å². The lowest BCUT2D eigenvalue weighted by atomic mass is 10.1. The van der Waals surface area contributed by atoms with Gasteiger partial charge in [0, 0.05) is 19.7 Å². The molecule has 29 heavy (non-hydrogen) atoms. The molecular weight excluding hydrogens is 401 g/mol. The third-order valence-electron chi connectivity index (χ3n) is 4.37. The standard InChI is InChI=1S/C19H28NO8P/c1-14(20-19(23)28-12-15-8-6-5-7-9-15)29(24,27-4)13-16(18(22)26-3)10-11-17(21)25-2/h5-9,14,16H,10-13H2,1-4H3,(H,20,23). The van der Waals surface area contributed by atoms with E-state index in [1.54, 1.807) is 12.1 Å². The van der Waals surface area contributed by atoms with Crippen LogP contribution in [0.2, 0.25) is 0 Å². The zero-order chi connectivity index (χ0) is 21.9. The zero-order valence-electron chi connectivity index (χ0n) is 17.1. The molecule has 10 heteroatoms. The predicted octanol–water partition coefficient (Wildman–Crippen LogP) is 2.93. The van der Waals surface area contributed by atoms with Crippen molar-refractivity contribution in [2.45, 2.75) is 32.2 Å². The molecule has 0 aliphatic rings. The molecule has 0 spiro atoms. The number of rotatable bonds is 11. The highest BCUT2D eigenvalue weighted by Gasteiger charge is 2.37. The minimum absolute atomic E-state index is 0.0408. The fourth-order valence-corrected chi connectivity index (χ4v) is 4.61. The topological polar surface area (TPSA) is 117 Å². The average Bonchev–Trinajstić information content (AvgIpc) is 2.74. The number of amides is 1. The summed E-state index contributed by atoms with van der Waals surface area (Å²) >= 11 is 0. The van der Waals surface area contributed by atoms with Crippen LogP contribution in [-0.2, 0) is 39.5 Å². The van der Waals surface area contributed by atoms with Crippen LogP contribution in [-0.4, -0.2) is 51.3 Å². The molecule has 1 N–H and O–H groups in total. The van der Waals surface area contributed by atoms with Crippen molar-refractivity contribution in [3.05, 3.63) is 35.9 Å². The van der Waals surface area contributed by atoms with E-state index in [0.29, 0.717) is 0 Å². The van der Waals surface area contributed by atoms with Gasteiger partial charge in [-0.05, 0) is 18.9 Å². The molecule has 162 valence electrons. The Morgan fingerprint density at radius 1 is 1.07 bits per heavy atom. The highest BCUT2D eigenvalue weighted by Crippen LogP contribution is 2.52. The summed E-state index contributed by atoms with van der Waals surface area (Å²) in [5.74, 6) is -2.89. The Morgan fingerprint density at radius 3 is 2.28 bits per heavy atom. The van der Waals surface area contributed by atoms with Gasteiger partial charge in [-0.15, -0.1) is 0 Å². The maximum absolute atomic E-state index is 13.2. The molecule has 0 aliphatic heterocycles. The Hall–Kier alpha value is -2.38. The summed E-state index contributed by atoms with van der Waals surface area (Å²) in [5, 5.41) is 2.49. The van der Waals surface area contributed by atoms with E-state index in [9.17, 15) is 18.9 Å². The molecule has 0 fully saturated rings. The van der Waals surface area contributed by atoms with E-state index in [4.69, 9.17) is 14.0 Å². The molecule has 1 amide bonds. The number of methoxy groups -OCH3 is 2. The van der Waals surface area contributed by atoms with E-state index in [0.717, 1.165) is 5.56 Å². The van der Waals surface area contributed by atoms with Crippen LogP contribution in [0.15, 0.2) is 30.3 Å². The molecule has 0 heterocycles. The number of carbonyl (C=O) groups is 3. The third-order valence-corrected chi connectivity index (χ3v) is 7.25. The number of alkyl carbamates (subject to hydrolysis) is 1. The van der Waals surface area contributed by atoms with Gasteiger partial charge in [-0.3, -0.25) is 14.2 Å². The van der Waals surface area contributed by atoms with E-state index in [2.05, 4.69) is 10.1 Å². The van der Waals surface area contributed by atoms with Crippen LogP contribution in [0.4, 0.5) is 4.79 Å². The van der Waals surface area contributed by atoms with E-state index < -0.39 is 37.1 Å². The Kier molecular flexibility index (Phi) is 10.4. The van der Waals surface area contributed by atoms with Gasteiger partial charge in [0.05, 0.1) is 20.1 Å². The van der Waals surface area contributed by atoms with Gasteiger partial charge in [-0.25, -0.2) is 4.79 Å². The predicted molar refractivity (Wildman–Crippen MR) is 105 cm³/mol. The molecule has 0 saturated carbocycles. The molecular formula is C19H28NO8P. The fourth-order valence-electron chi connectivity index (χ4n) is 2.58. The lowest BCUT2D eigenvalue weighted by molar-refractivity contribution is -0.146. The second-order valence-corrected chi connectivity index (χ2v) is 9.27. The lowest BCUT2D eigenvalue weighted by Crippen LogP contribution is -2.35. The highest BCUT2D eigenvalue weighted by molar-refractivity contribution is 7.59. The molecule has 0 bridgehead atoms. The minimum Gasteiger partial charge on any atom is -0.469 e. The van der Waals surface area contributed by atoms with Gasteiger partial charge in [-0.1, -0.05) is 30.3 Å². The van der Waals surface area contributed by atoms with E-state index in [-0.39, 0.29) is 25.6 Å². The molecule has 9 nitrogen and oxygen atoms in total. The SMILES string of the molecule is COC(=O)CCC(CP(=O)(OC)C(C)NC(=O)OCc1ccccc1)C(=O)OC. The summed E-state index contributed by atoms with van der Waals surface area (Å²) in [6.45, 7) is 1.56. The number of hydrogen-bond acceptors (Lipinski definition) is 8. The average molecular weight is 429 g/mol. The van der Waals surface area contributed by atoms with Crippen LogP contribution in [0.5, 0.6) is 0 Å². The van der Waals surface area contributed by atoms with Crippen LogP contribution < -0.4 is 5.32 Å². The monoisotopic (exact) mass is 429 g/mol. The van der Waals surface area contributed by atoms with Crippen molar-refractivity contribution in [3.63, 3.8) is 0 Å². The number of esters is 2. The Balaban J connectivity index is 2.72. The van der Waals surface area contributed by atoms with Gasteiger partial charge in [-0.2, -0.15) is 0 Å². The van der Waals surface area contributed by atoms with Crippen LogP contribution in [0.3, 0.4) is 0 Å². The molecule has 0 aliphatic carbocycles. The Labute approximate surface area is 170 Å². The van der Waals surface area contributed by atoms with Crippen molar-refractivity contribution >= 4 is 25.4 Å². The second kappa shape index (κ2) is 12.2. The molecule has 0 radical (unpaired) electrons. The van der Waals surface area contributed by atoms with Crippen LogP contribution in [0, 0.1) is 5.92 Å². The van der Waals surface area contributed by atoms with Gasteiger partial charge < -0.3 is 24.1 Å². The van der Waals surface area contributed by atoms with Gasteiger partial charge in [0.1, 0.15) is 12.4 Å². The van der Waals surface area contributed by atoms with Crippen LogP contribution in [0.1, 0.15) is 25.3 Å². The van der Waals surface area contributed by atoms with Crippen molar-refractivity contribution in [1.29, 1.82) is 0 Å². The molecule has 0 saturated heterocycles. The summed E-state index contributed by atoms with van der Waals surface area (Å²) in [4.78, 5) is 35.5. The minimum atomic E-state index is -3.50. The summed E-state index contributed by atoms with van der Waals surface area (Å²) in [6, 6.07) is 9.09. The van der Waals surface area contributed by atoms with Crippen molar-refractivity contribution in [2.24, 2.45) is 5.92 Å². The number of carbonyl (C=O) groups excluding carboxylic acids is 3. The maximum Gasteiger partial charge on any atom is 0.408 e. The number of ether oxygens (including phenoxy) is 3. The number of hydrogen-bond donors (Lipinski definition) is 1. The summed E-state index contributed by atoms with van der Waals surface area (Å²) in [6.07, 6.45) is -0.922. The largest absolute Gasteiger partial charge is 0.469 e. The molecule has 0 aromatic heterocycles. The lowest BCUT2D eigenvalue weighted by Gasteiger charge is -2.26. The fraction of sp³-hybridized carbons (Fsp3) is 0.526. The molecule has 1 aromatic rings. The number of nitrogens with one attached hydrogen (secondary N) is 1. The van der Waals surface area contributed by atoms with Gasteiger partial charge in [0.25, 0.3) is 0 Å². The Bertz CT molecular complexity index is 724. The van der Waals surface area contributed by atoms with Gasteiger partial charge in [0.2, 0.25) is 7.37 Å². The van der Waals surface area contributed by atoms with Crippen molar-refractivity contribution in [2.75, 3.05) is 27.5 Å². The molecule has 1 aromatic carbocycles. The second-order valence-electron chi connectivity index (χ2n) is 6.31. The smallest absolute Gasteiger partial charge is 0.408 e. The van der Waals surface area contributed by atoms with Crippen molar-refractivity contribution < 1.29 is 37.7 Å². The first-order chi connectivity index (χ1) is 13.8. The van der Waals surface area contributed by atoms with E-state index >= 15 is 0 Å². The summed E-state index contributed by atoms with van der Waals surface area (Å²) < 4.78 is 32.8. The summed E-state index contributed by atoms with van der Waals surface area (Å²) in [5.41, 5.74) is 0.804. The first-order valence-corrected chi connectivity index (χ1v) is 10.9. The third kappa shape index (κ3) is 8.25. The normalized spacial score (nSPS) is 14.8. The van der Waals surface area contributed by atoms with Crippen LogP contribution in [0.25, 0.3) is 0 Å². The molecule has 1 rings (SSSR count). The van der Waals surface area contributed by atoms with E-state index in [1.165, 1.54) is 28.3 Å². The quantitative estimate of drug-likeness (QED) is 0.324. The van der Waals surface area contributed by atoms with Gasteiger partial charge in [0.15, 0.2) is 0 Å². The van der Waals surface area contributed by atoms with Gasteiger partial charge >= 0.3 is 18.0 Å². The first kappa shape index (κ1) is 24.7. The maximum atomic E-state index is 13.2. The Morgan fingerprint density at radius 2 is 1.72 bits per heavy atom. The summed E-state index contributed by atoms with van der Waals surface area (Å²) in [7, 11) is 0.183. The highest BCUT2D eigenvalue weighted by atomic mass is 31.2. The van der Waals surface area contributed by atoms with E-state index in [1.807, 2.05) is 18.2 Å². The molecule has 3 atom stereocenters. The first-order valence-electron chi connectivity index (χ1n) is 9.02.